The first-order chi connectivity index (χ1) is 10.3. The molecule has 0 amide bonds. The van der Waals surface area contributed by atoms with E-state index in [0.717, 1.165) is 5.69 Å². The molecule has 1 heterocycles. The van der Waals surface area contributed by atoms with Gasteiger partial charge in [-0.1, -0.05) is 0 Å². The maximum absolute atomic E-state index is 9.01. The van der Waals surface area contributed by atoms with Crippen molar-refractivity contribution in [3.63, 3.8) is 0 Å². The Labute approximate surface area is 123 Å². The number of benzene rings is 1. The van der Waals surface area contributed by atoms with Crippen molar-refractivity contribution in [1.29, 1.82) is 5.26 Å². The van der Waals surface area contributed by atoms with Crippen LogP contribution in [0.5, 0.6) is 11.5 Å². The van der Waals surface area contributed by atoms with E-state index in [0.29, 0.717) is 30.5 Å². The predicted molar refractivity (Wildman–Crippen MR) is 78.8 cm³/mol. The smallest absolute Gasteiger partial charge is 0.183 e. The molecule has 0 unspecified atom stereocenters. The number of anilines is 2. The summed E-state index contributed by atoms with van der Waals surface area (Å²) in [5.74, 6) is 1.74. The fourth-order valence-corrected chi connectivity index (χ4v) is 1.78. The second-order valence-electron chi connectivity index (χ2n) is 4.02. The Morgan fingerprint density at radius 1 is 1.10 bits per heavy atom. The van der Waals surface area contributed by atoms with Crippen molar-refractivity contribution in [1.82, 2.24) is 9.97 Å². The van der Waals surface area contributed by atoms with Crippen molar-refractivity contribution >= 4 is 11.5 Å². The van der Waals surface area contributed by atoms with E-state index in [1.54, 1.807) is 0 Å². The molecule has 2 rings (SSSR count). The molecule has 1 aromatic heterocycles. The molecule has 0 aliphatic carbocycles. The van der Waals surface area contributed by atoms with Gasteiger partial charge in [0, 0.05) is 24.1 Å². The molecule has 0 atom stereocenters. The van der Waals surface area contributed by atoms with Gasteiger partial charge in [-0.3, -0.25) is 0 Å². The van der Waals surface area contributed by atoms with Gasteiger partial charge in [0.05, 0.1) is 13.2 Å². The Hall–Kier alpha value is -2.81. The molecule has 21 heavy (non-hydrogen) atoms. The van der Waals surface area contributed by atoms with E-state index < -0.39 is 0 Å². The van der Waals surface area contributed by atoms with Crippen molar-refractivity contribution in [3.05, 3.63) is 36.3 Å². The van der Waals surface area contributed by atoms with Gasteiger partial charge in [-0.25, -0.2) is 9.97 Å². The molecule has 2 aromatic rings. The largest absolute Gasteiger partial charge is 0.490 e. The van der Waals surface area contributed by atoms with Crippen LogP contribution in [0.4, 0.5) is 11.5 Å². The highest BCUT2D eigenvalue weighted by Gasteiger charge is 2.09. The first-order valence-corrected chi connectivity index (χ1v) is 6.66. The molecule has 0 saturated heterocycles. The molecule has 0 fully saturated rings. The van der Waals surface area contributed by atoms with Crippen LogP contribution in [0.15, 0.2) is 30.6 Å². The Morgan fingerprint density at radius 3 is 2.52 bits per heavy atom. The van der Waals surface area contributed by atoms with Gasteiger partial charge in [0.25, 0.3) is 0 Å². The minimum atomic E-state index is 0.240. The zero-order chi connectivity index (χ0) is 15.1. The van der Waals surface area contributed by atoms with Crippen LogP contribution >= 0.6 is 0 Å². The zero-order valence-corrected chi connectivity index (χ0v) is 12.0. The number of aromatic nitrogens is 2. The van der Waals surface area contributed by atoms with E-state index >= 15 is 0 Å². The summed E-state index contributed by atoms with van der Waals surface area (Å²) in [5, 5.41) is 12.1. The number of nitrogens with one attached hydrogen (secondary N) is 1. The van der Waals surface area contributed by atoms with Gasteiger partial charge in [-0.2, -0.15) is 5.26 Å². The zero-order valence-electron chi connectivity index (χ0n) is 12.0. The topological polar surface area (TPSA) is 80.1 Å². The standard InChI is InChI=1S/C15H16N4O2/c1-3-20-13-6-5-11(9-14(13)21-4-2)19-15-12(10-16)17-7-8-18-15/h5-9H,3-4H2,1-2H3,(H,18,19). The molecule has 0 aliphatic rings. The summed E-state index contributed by atoms with van der Waals surface area (Å²) in [7, 11) is 0. The van der Waals surface area contributed by atoms with E-state index in [1.165, 1.54) is 12.4 Å². The van der Waals surface area contributed by atoms with Gasteiger partial charge >= 0.3 is 0 Å². The maximum atomic E-state index is 9.01. The number of hydrogen-bond donors (Lipinski definition) is 1. The predicted octanol–water partition coefficient (Wildman–Crippen LogP) is 2.89. The highest BCUT2D eigenvalue weighted by atomic mass is 16.5. The van der Waals surface area contributed by atoms with E-state index in [-0.39, 0.29) is 5.69 Å². The van der Waals surface area contributed by atoms with Crippen LogP contribution in [0, 0.1) is 11.3 Å². The second kappa shape index (κ2) is 7.10. The van der Waals surface area contributed by atoms with Crippen LogP contribution in [-0.4, -0.2) is 23.2 Å². The molecule has 0 saturated carbocycles. The molecule has 6 nitrogen and oxygen atoms in total. The average Bonchev–Trinajstić information content (AvgIpc) is 2.51. The molecule has 108 valence electrons. The average molecular weight is 284 g/mol. The lowest BCUT2D eigenvalue weighted by molar-refractivity contribution is 0.288. The van der Waals surface area contributed by atoms with E-state index in [4.69, 9.17) is 14.7 Å². The van der Waals surface area contributed by atoms with Gasteiger partial charge in [-0.15, -0.1) is 0 Å². The Morgan fingerprint density at radius 2 is 1.81 bits per heavy atom. The molecule has 0 bridgehead atoms. The summed E-state index contributed by atoms with van der Waals surface area (Å²) in [6, 6.07) is 7.46. The third-order valence-electron chi connectivity index (χ3n) is 2.61. The number of nitriles is 1. The summed E-state index contributed by atoms with van der Waals surface area (Å²) in [6.45, 7) is 4.93. The van der Waals surface area contributed by atoms with Crippen molar-refractivity contribution in [2.45, 2.75) is 13.8 Å². The molecule has 0 aliphatic heterocycles. The third kappa shape index (κ3) is 3.60. The summed E-state index contributed by atoms with van der Waals surface area (Å²) < 4.78 is 11.1. The molecule has 1 aromatic carbocycles. The fourth-order valence-electron chi connectivity index (χ4n) is 1.78. The lowest BCUT2D eigenvalue weighted by Crippen LogP contribution is -2.01. The molecular weight excluding hydrogens is 268 g/mol. The lowest BCUT2D eigenvalue weighted by atomic mass is 10.2. The van der Waals surface area contributed by atoms with Crippen molar-refractivity contribution in [2.75, 3.05) is 18.5 Å². The monoisotopic (exact) mass is 284 g/mol. The number of rotatable bonds is 6. The van der Waals surface area contributed by atoms with E-state index in [1.807, 2.05) is 38.1 Å². The van der Waals surface area contributed by atoms with Gasteiger partial charge in [0.2, 0.25) is 0 Å². The van der Waals surface area contributed by atoms with Crippen molar-refractivity contribution in [3.8, 4) is 17.6 Å². The van der Waals surface area contributed by atoms with E-state index in [2.05, 4.69) is 15.3 Å². The minimum Gasteiger partial charge on any atom is -0.490 e. The summed E-state index contributed by atoms with van der Waals surface area (Å²) >= 11 is 0. The Bertz CT molecular complexity index is 652. The van der Waals surface area contributed by atoms with Crippen LogP contribution < -0.4 is 14.8 Å². The van der Waals surface area contributed by atoms with Gasteiger partial charge in [0.1, 0.15) is 6.07 Å². The minimum absolute atomic E-state index is 0.240. The molecule has 0 spiro atoms. The highest BCUT2D eigenvalue weighted by Crippen LogP contribution is 2.31. The highest BCUT2D eigenvalue weighted by molar-refractivity contribution is 5.64. The molecule has 0 radical (unpaired) electrons. The number of nitrogens with zero attached hydrogens (tertiary/aromatic N) is 3. The first-order valence-electron chi connectivity index (χ1n) is 6.66. The lowest BCUT2D eigenvalue weighted by Gasteiger charge is -2.13. The molecule has 1 N–H and O–H groups in total. The third-order valence-corrected chi connectivity index (χ3v) is 2.61. The number of ether oxygens (including phenoxy) is 2. The van der Waals surface area contributed by atoms with Crippen LogP contribution in [0.2, 0.25) is 0 Å². The van der Waals surface area contributed by atoms with Crippen molar-refractivity contribution in [2.24, 2.45) is 0 Å². The summed E-state index contributed by atoms with van der Waals surface area (Å²) in [4.78, 5) is 8.07. The summed E-state index contributed by atoms with van der Waals surface area (Å²) in [6.07, 6.45) is 3.01. The quantitative estimate of drug-likeness (QED) is 0.878. The SMILES string of the molecule is CCOc1ccc(Nc2nccnc2C#N)cc1OCC. The summed E-state index contributed by atoms with van der Waals surface area (Å²) in [5.41, 5.74) is 0.989. The van der Waals surface area contributed by atoms with Crippen LogP contribution in [0.1, 0.15) is 19.5 Å². The first kappa shape index (κ1) is 14.6. The fraction of sp³-hybridized carbons (Fsp3) is 0.267. The van der Waals surface area contributed by atoms with E-state index in [9.17, 15) is 0 Å². The second-order valence-corrected chi connectivity index (χ2v) is 4.02. The Kier molecular flexibility index (Phi) is 4.94. The Balaban J connectivity index is 2.28. The van der Waals surface area contributed by atoms with Gasteiger partial charge < -0.3 is 14.8 Å². The van der Waals surface area contributed by atoms with Crippen molar-refractivity contribution < 1.29 is 9.47 Å². The molecule has 6 heteroatoms. The van der Waals surface area contributed by atoms with Crippen LogP contribution in [-0.2, 0) is 0 Å². The maximum Gasteiger partial charge on any atom is 0.183 e. The van der Waals surface area contributed by atoms with Gasteiger partial charge in [-0.05, 0) is 26.0 Å². The number of hydrogen-bond acceptors (Lipinski definition) is 6. The normalized spacial score (nSPS) is 9.76. The van der Waals surface area contributed by atoms with Gasteiger partial charge in [0.15, 0.2) is 23.0 Å². The van der Waals surface area contributed by atoms with Crippen LogP contribution in [0.25, 0.3) is 0 Å². The van der Waals surface area contributed by atoms with Crippen LogP contribution in [0.3, 0.4) is 0 Å². The molecular formula is C15H16N4O2.